The summed E-state index contributed by atoms with van der Waals surface area (Å²) in [5.41, 5.74) is 9.25. The van der Waals surface area contributed by atoms with E-state index >= 15 is 0 Å². The molecule has 2 unspecified atom stereocenters. The van der Waals surface area contributed by atoms with Crippen LogP contribution in [0.2, 0.25) is 0 Å². The number of benzene rings is 2. The van der Waals surface area contributed by atoms with Gasteiger partial charge in [-0.1, -0.05) is 58.4 Å². The van der Waals surface area contributed by atoms with Gasteiger partial charge in [-0.3, -0.25) is 0 Å². The highest BCUT2D eigenvalue weighted by Gasteiger charge is 2.50. The van der Waals surface area contributed by atoms with E-state index in [-0.39, 0.29) is 5.54 Å². The Morgan fingerprint density at radius 1 is 1.11 bits per heavy atom. The number of aryl methyl sites for hydroxylation is 1. The van der Waals surface area contributed by atoms with Gasteiger partial charge < -0.3 is 5.73 Å². The van der Waals surface area contributed by atoms with Crippen molar-refractivity contribution in [1.29, 1.82) is 0 Å². The van der Waals surface area contributed by atoms with Crippen molar-refractivity contribution in [3.63, 3.8) is 0 Å². The Morgan fingerprint density at radius 3 is 2.63 bits per heavy atom. The van der Waals surface area contributed by atoms with Gasteiger partial charge in [-0.2, -0.15) is 0 Å². The summed E-state index contributed by atoms with van der Waals surface area (Å²) in [6, 6.07) is 19.1. The molecule has 0 heterocycles. The van der Waals surface area contributed by atoms with Crippen LogP contribution in [0.1, 0.15) is 29.9 Å². The SMILES string of the molecule is NC1(CCc2ccccc2)CC1c1cccc(Br)c1. The molecule has 2 heteroatoms. The van der Waals surface area contributed by atoms with Crippen molar-refractivity contribution in [1.82, 2.24) is 0 Å². The first-order chi connectivity index (χ1) is 9.17. The molecule has 0 bridgehead atoms. The van der Waals surface area contributed by atoms with Gasteiger partial charge in [-0.25, -0.2) is 0 Å². The van der Waals surface area contributed by atoms with E-state index in [9.17, 15) is 0 Å². The van der Waals surface area contributed by atoms with E-state index in [1.54, 1.807) is 0 Å². The third-order valence-corrected chi connectivity index (χ3v) is 4.58. The molecule has 2 aromatic carbocycles. The monoisotopic (exact) mass is 315 g/mol. The van der Waals surface area contributed by atoms with Gasteiger partial charge >= 0.3 is 0 Å². The number of hydrogen-bond acceptors (Lipinski definition) is 1. The quantitative estimate of drug-likeness (QED) is 0.896. The molecule has 1 aliphatic carbocycles. The summed E-state index contributed by atoms with van der Waals surface area (Å²) in [4.78, 5) is 0. The lowest BCUT2D eigenvalue weighted by Gasteiger charge is -2.12. The molecule has 19 heavy (non-hydrogen) atoms. The second-order valence-corrected chi connectivity index (χ2v) is 6.45. The van der Waals surface area contributed by atoms with Crippen LogP contribution in [0.15, 0.2) is 59.1 Å². The summed E-state index contributed by atoms with van der Waals surface area (Å²) < 4.78 is 1.14. The lowest BCUT2D eigenvalue weighted by Crippen LogP contribution is -2.25. The molecule has 1 saturated carbocycles. The fourth-order valence-electron chi connectivity index (χ4n) is 2.79. The molecule has 0 aliphatic heterocycles. The van der Waals surface area contributed by atoms with E-state index < -0.39 is 0 Å². The fraction of sp³-hybridized carbons (Fsp3) is 0.294. The zero-order chi connectivity index (χ0) is 13.3. The Labute approximate surface area is 123 Å². The Morgan fingerprint density at radius 2 is 1.89 bits per heavy atom. The molecule has 2 atom stereocenters. The molecule has 0 radical (unpaired) electrons. The predicted molar refractivity (Wildman–Crippen MR) is 83.2 cm³/mol. The van der Waals surface area contributed by atoms with Crippen molar-refractivity contribution in [2.24, 2.45) is 5.73 Å². The average molecular weight is 316 g/mol. The van der Waals surface area contributed by atoms with Crippen LogP contribution in [0.4, 0.5) is 0 Å². The van der Waals surface area contributed by atoms with Crippen LogP contribution in [-0.2, 0) is 6.42 Å². The summed E-state index contributed by atoms with van der Waals surface area (Å²) in [6.07, 6.45) is 3.24. The maximum Gasteiger partial charge on any atom is 0.0234 e. The van der Waals surface area contributed by atoms with E-state index in [0.717, 1.165) is 23.7 Å². The molecular weight excluding hydrogens is 298 g/mol. The smallest absolute Gasteiger partial charge is 0.0234 e. The highest BCUT2D eigenvalue weighted by atomic mass is 79.9. The van der Waals surface area contributed by atoms with E-state index in [2.05, 4.69) is 70.5 Å². The first kappa shape index (κ1) is 12.9. The molecule has 0 aromatic heterocycles. The van der Waals surface area contributed by atoms with Gasteiger partial charge in [-0.05, 0) is 42.5 Å². The highest BCUT2D eigenvalue weighted by Crippen LogP contribution is 2.52. The number of hydrogen-bond donors (Lipinski definition) is 1. The zero-order valence-electron chi connectivity index (χ0n) is 10.9. The van der Waals surface area contributed by atoms with Gasteiger partial charge in [0, 0.05) is 15.9 Å². The molecule has 2 N–H and O–H groups in total. The predicted octanol–water partition coefficient (Wildman–Crippen LogP) is 4.27. The minimum Gasteiger partial charge on any atom is -0.325 e. The van der Waals surface area contributed by atoms with Crippen LogP contribution >= 0.6 is 15.9 Å². The normalized spacial score (nSPS) is 25.3. The molecule has 3 rings (SSSR count). The summed E-state index contributed by atoms with van der Waals surface area (Å²) in [6.45, 7) is 0. The number of rotatable bonds is 4. The van der Waals surface area contributed by atoms with Crippen LogP contribution in [-0.4, -0.2) is 5.54 Å². The van der Waals surface area contributed by atoms with Gasteiger partial charge in [0.2, 0.25) is 0 Å². The molecule has 1 nitrogen and oxygen atoms in total. The lowest BCUT2D eigenvalue weighted by molar-refractivity contribution is 0.589. The molecule has 2 aromatic rings. The second-order valence-electron chi connectivity index (χ2n) is 5.53. The molecule has 1 aliphatic rings. The third kappa shape index (κ3) is 2.90. The molecular formula is C17H18BrN. The first-order valence-electron chi connectivity index (χ1n) is 6.76. The first-order valence-corrected chi connectivity index (χ1v) is 7.55. The molecule has 0 spiro atoms. The van der Waals surface area contributed by atoms with Crippen LogP contribution in [0.3, 0.4) is 0 Å². The average Bonchev–Trinajstić information content (AvgIpc) is 3.11. The molecule has 98 valence electrons. The summed E-state index contributed by atoms with van der Waals surface area (Å²) in [5, 5.41) is 0. The fourth-order valence-corrected chi connectivity index (χ4v) is 3.21. The van der Waals surface area contributed by atoms with Gasteiger partial charge in [0.25, 0.3) is 0 Å². The van der Waals surface area contributed by atoms with Gasteiger partial charge in [-0.15, -0.1) is 0 Å². The maximum atomic E-state index is 6.51. The maximum absolute atomic E-state index is 6.51. The largest absolute Gasteiger partial charge is 0.325 e. The second kappa shape index (κ2) is 5.10. The van der Waals surface area contributed by atoms with Crippen molar-refractivity contribution < 1.29 is 0 Å². The Kier molecular flexibility index (Phi) is 3.46. The standard InChI is InChI=1S/C17H18BrN/c18-15-8-4-7-14(11-15)16-12-17(16,19)10-9-13-5-2-1-3-6-13/h1-8,11,16H,9-10,12,19H2. The van der Waals surface area contributed by atoms with E-state index in [0.29, 0.717) is 5.92 Å². The Balaban J connectivity index is 1.64. The van der Waals surface area contributed by atoms with Crippen molar-refractivity contribution in [2.75, 3.05) is 0 Å². The third-order valence-electron chi connectivity index (χ3n) is 4.09. The topological polar surface area (TPSA) is 26.0 Å². The van der Waals surface area contributed by atoms with Gasteiger partial charge in [0.1, 0.15) is 0 Å². The van der Waals surface area contributed by atoms with E-state index in [4.69, 9.17) is 5.73 Å². The molecule has 0 saturated heterocycles. The van der Waals surface area contributed by atoms with E-state index in [1.807, 2.05) is 0 Å². The molecule has 1 fully saturated rings. The Hall–Kier alpha value is -1.12. The summed E-state index contributed by atoms with van der Waals surface area (Å²) >= 11 is 3.53. The highest BCUT2D eigenvalue weighted by molar-refractivity contribution is 9.10. The number of halogens is 1. The van der Waals surface area contributed by atoms with Crippen molar-refractivity contribution >= 4 is 15.9 Å². The van der Waals surface area contributed by atoms with Gasteiger partial charge in [0.05, 0.1) is 0 Å². The lowest BCUT2D eigenvalue weighted by atomic mass is 10.00. The van der Waals surface area contributed by atoms with Crippen molar-refractivity contribution in [3.8, 4) is 0 Å². The minimum atomic E-state index is -0.00334. The minimum absolute atomic E-state index is 0.00334. The van der Waals surface area contributed by atoms with Crippen LogP contribution < -0.4 is 5.73 Å². The summed E-state index contributed by atoms with van der Waals surface area (Å²) in [5.74, 6) is 0.522. The van der Waals surface area contributed by atoms with Crippen LogP contribution in [0.25, 0.3) is 0 Å². The van der Waals surface area contributed by atoms with Crippen LogP contribution in [0.5, 0.6) is 0 Å². The molecule has 0 amide bonds. The van der Waals surface area contributed by atoms with Crippen LogP contribution in [0, 0.1) is 0 Å². The summed E-state index contributed by atoms with van der Waals surface area (Å²) in [7, 11) is 0. The van der Waals surface area contributed by atoms with Gasteiger partial charge in [0.15, 0.2) is 0 Å². The van der Waals surface area contributed by atoms with E-state index in [1.165, 1.54) is 11.1 Å². The Bertz CT molecular complexity index is 566. The zero-order valence-corrected chi connectivity index (χ0v) is 12.4. The number of nitrogens with two attached hydrogens (primary N) is 1. The van der Waals surface area contributed by atoms with Crippen molar-refractivity contribution in [2.45, 2.75) is 30.7 Å². The van der Waals surface area contributed by atoms with Crippen molar-refractivity contribution in [3.05, 3.63) is 70.2 Å².